The molecular formula is C24H31FN8O2. The number of aromatic nitrogens is 6. The number of nitrogen functional groups attached to an aromatic ring is 1. The van der Waals surface area contributed by atoms with Crippen LogP contribution in [0.4, 0.5) is 16.0 Å². The van der Waals surface area contributed by atoms with Gasteiger partial charge in [0.25, 0.3) is 0 Å². The van der Waals surface area contributed by atoms with Crippen LogP contribution in [0.3, 0.4) is 0 Å². The lowest BCUT2D eigenvalue weighted by Gasteiger charge is -2.38. The van der Waals surface area contributed by atoms with Crippen LogP contribution in [0.15, 0.2) is 24.5 Å². The Morgan fingerprint density at radius 2 is 2.03 bits per heavy atom. The van der Waals surface area contributed by atoms with Crippen molar-refractivity contribution >= 4 is 28.2 Å². The Morgan fingerprint density at radius 3 is 2.74 bits per heavy atom. The molecule has 1 aliphatic heterocycles. The number of benzene rings is 1. The summed E-state index contributed by atoms with van der Waals surface area (Å²) in [7, 11) is 1.41. The lowest BCUT2D eigenvalue weighted by Crippen LogP contribution is -2.41. The van der Waals surface area contributed by atoms with Crippen LogP contribution in [0.25, 0.3) is 16.6 Å². The number of methoxy groups -OCH3 is 1. The molecule has 0 bridgehead atoms. The maximum Gasteiger partial charge on any atom is 0.223 e. The van der Waals surface area contributed by atoms with Gasteiger partial charge >= 0.3 is 0 Å². The van der Waals surface area contributed by atoms with Crippen LogP contribution in [0.5, 0.6) is 5.75 Å². The summed E-state index contributed by atoms with van der Waals surface area (Å²) in [5.41, 5.74) is 7.25. The molecule has 3 aromatic heterocycles. The molecule has 11 heteroatoms. The number of fused-ring (bicyclic) bond motifs is 3. The lowest BCUT2D eigenvalue weighted by molar-refractivity contribution is 0.0258. The molecule has 0 amide bonds. The minimum Gasteiger partial charge on any atom is -0.494 e. The van der Waals surface area contributed by atoms with E-state index in [1.807, 2.05) is 19.3 Å². The molecule has 0 spiro atoms. The van der Waals surface area contributed by atoms with E-state index in [9.17, 15) is 9.50 Å². The summed E-state index contributed by atoms with van der Waals surface area (Å²) >= 11 is 0. The summed E-state index contributed by atoms with van der Waals surface area (Å²) in [4.78, 5) is 11.5. The Labute approximate surface area is 202 Å². The fraction of sp³-hybridized carbons (Fsp3) is 0.500. The van der Waals surface area contributed by atoms with E-state index in [4.69, 9.17) is 15.5 Å². The fourth-order valence-corrected chi connectivity index (χ4v) is 4.67. The molecule has 1 aromatic carbocycles. The van der Waals surface area contributed by atoms with Crippen molar-refractivity contribution in [2.24, 2.45) is 0 Å². The van der Waals surface area contributed by atoms with Crippen LogP contribution in [-0.4, -0.2) is 59.8 Å². The van der Waals surface area contributed by atoms with Crippen molar-refractivity contribution in [3.63, 3.8) is 0 Å². The SMILES string of the molecule is COc1cc2nc(N)n3nc(C4CCC(C)N(c5cnn(C(C)C(C)(C)O)c5)C4)nc3c2cc1F. The van der Waals surface area contributed by atoms with Gasteiger partial charge in [0.1, 0.15) is 0 Å². The van der Waals surface area contributed by atoms with E-state index < -0.39 is 11.4 Å². The second kappa shape index (κ2) is 8.33. The highest BCUT2D eigenvalue weighted by Gasteiger charge is 2.32. The number of nitrogens with zero attached hydrogens (tertiary/aromatic N) is 7. The molecule has 3 unspecified atom stereocenters. The van der Waals surface area contributed by atoms with Gasteiger partial charge in [-0.25, -0.2) is 14.4 Å². The van der Waals surface area contributed by atoms with Crippen molar-refractivity contribution in [3.8, 4) is 5.75 Å². The third-order valence-corrected chi connectivity index (χ3v) is 7.17. The topological polar surface area (TPSA) is 120 Å². The number of ether oxygens (including phenoxy) is 1. The first kappa shape index (κ1) is 23.3. The quantitative estimate of drug-likeness (QED) is 0.445. The zero-order valence-electron chi connectivity index (χ0n) is 20.6. The maximum atomic E-state index is 14.5. The third kappa shape index (κ3) is 4.03. The van der Waals surface area contributed by atoms with Crippen molar-refractivity contribution in [2.45, 2.75) is 64.1 Å². The first-order chi connectivity index (χ1) is 16.6. The highest BCUT2D eigenvalue weighted by molar-refractivity contribution is 5.93. The van der Waals surface area contributed by atoms with Crippen LogP contribution in [0.1, 0.15) is 58.3 Å². The Balaban J connectivity index is 1.48. The summed E-state index contributed by atoms with van der Waals surface area (Å²) in [5, 5.41) is 20.1. The van der Waals surface area contributed by atoms with Crippen LogP contribution in [-0.2, 0) is 0 Å². The number of hydrogen-bond acceptors (Lipinski definition) is 8. The molecule has 0 aliphatic carbocycles. The summed E-state index contributed by atoms with van der Waals surface area (Å²) in [6, 6.07) is 3.02. The molecule has 3 atom stereocenters. The number of aliphatic hydroxyl groups is 1. The van der Waals surface area contributed by atoms with E-state index in [1.165, 1.54) is 23.8 Å². The van der Waals surface area contributed by atoms with Crippen molar-refractivity contribution in [3.05, 3.63) is 36.2 Å². The van der Waals surface area contributed by atoms with E-state index in [1.54, 1.807) is 18.5 Å². The molecule has 1 aliphatic rings. The van der Waals surface area contributed by atoms with E-state index in [2.05, 4.69) is 27.0 Å². The second-order valence-corrected chi connectivity index (χ2v) is 9.96. The van der Waals surface area contributed by atoms with Crippen molar-refractivity contribution in [1.82, 2.24) is 29.4 Å². The smallest absolute Gasteiger partial charge is 0.223 e. The van der Waals surface area contributed by atoms with Crippen LogP contribution >= 0.6 is 0 Å². The molecule has 10 nitrogen and oxygen atoms in total. The van der Waals surface area contributed by atoms with Gasteiger partial charge in [-0.3, -0.25) is 4.68 Å². The third-order valence-electron chi connectivity index (χ3n) is 7.17. The largest absolute Gasteiger partial charge is 0.494 e. The van der Waals surface area contributed by atoms with E-state index >= 15 is 0 Å². The standard InChI is InChI=1S/C24H31FN8O2/c1-13-6-7-15(11-31(13)16-10-27-32(12-16)14(2)24(3,4)34)21-29-22-17-8-18(25)20(35-5)9-19(17)28-23(26)33(22)30-21/h8-10,12-15,34H,6-7,11H2,1-5H3,(H2,26,28). The molecule has 5 rings (SSSR count). The van der Waals surface area contributed by atoms with Crippen LogP contribution < -0.4 is 15.4 Å². The van der Waals surface area contributed by atoms with E-state index in [0.717, 1.165) is 18.5 Å². The second-order valence-electron chi connectivity index (χ2n) is 9.96. The number of nitrogens with two attached hydrogens (primary N) is 1. The molecule has 0 saturated carbocycles. The summed E-state index contributed by atoms with van der Waals surface area (Å²) in [6.07, 6.45) is 5.68. The molecular weight excluding hydrogens is 451 g/mol. The first-order valence-corrected chi connectivity index (χ1v) is 11.8. The van der Waals surface area contributed by atoms with Gasteiger partial charge in [0.15, 0.2) is 23.0 Å². The maximum absolute atomic E-state index is 14.5. The van der Waals surface area contributed by atoms with Gasteiger partial charge in [0.05, 0.1) is 36.2 Å². The van der Waals surface area contributed by atoms with Crippen molar-refractivity contribution in [1.29, 1.82) is 0 Å². The molecule has 3 N–H and O–H groups in total. The normalized spacial score (nSPS) is 20.0. The van der Waals surface area contributed by atoms with Crippen molar-refractivity contribution < 1.29 is 14.2 Å². The van der Waals surface area contributed by atoms with Gasteiger partial charge in [-0.15, -0.1) is 5.10 Å². The zero-order valence-corrected chi connectivity index (χ0v) is 20.6. The molecule has 1 saturated heterocycles. The molecule has 186 valence electrons. The Bertz CT molecular complexity index is 1390. The van der Waals surface area contributed by atoms with Crippen LogP contribution in [0, 0.1) is 5.82 Å². The van der Waals surface area contributed by atoms with Gasteiger partial charge < -0.3 is 20.5 Å². The summed E-state index contributed by atoms with van der Waals surface area (Å²) in [5.74, 6) is 0.496. The molecule has 4 aromatic rings. The minimum absolute atomic E-state index is 0.0544. The molecule has 0 radical (unpaired) electrons. The fourth-order valence-electron chi connectivity index (χ4n) is 4.67. The summed E-state index contributed by atoms with van der Waals surface area (Å²) < 4.78 is 22.8. The van der Waals surface area contributed by atoms with Gasteiger partial charge in [-0.05, 0) is 46.6 Å². The Kier molecular flexibility index (Phi) is 5.54. The van der Waals surface area contributed by atoms with E-state index in [0.29, 0.717) is 35.0 Å². The van der Waals surface area contributed by atoms with Gasteiger partial charge in [-0.2, -0.15) is 9.61 Å². The Morgan fingerprint density at radius 1 is 1.26 bits per heavy atom. The van der Waals surface area contributed by atoms with Gasteiger partial charge in [-0.1, -0.05) is 0 Å². The number of rotatable bonds is 5. The number of piperidine rings is 1. The predicted molar refractivity (Wildman–Crippen MR) is 131 cm³/mol. The van der Waals surface area contributed by atoms with Gasteiger partial charge in [0, 0.05) is 36.2 Å². The first-order valence-electron chi connectivity index (χ1n) is 11.8. The highest BCUT2D eigenvalue weighted by atomic mass is 19.1. The molecule has 1 fully saturated rings. The highest BCUT2D eigenvalue weighted by Crippen LogP contribution is 2.34. The minimum atomic E-state index is -0.889. The average Bonchev–Trinajstić information content (AvgIpc) is 3.47. The number of halogens is 1. The summed E-state index contributed by atoms with van der Waals surface area (Å²) in [6.45, 7) is 8.39. The van der Waals surface area contributed by atoms with E-state index in [-0.39, 0.29) is 23.7 Å². The number of anilines is 2. The zero-order chi connectivity index (χ0) is 25.1. The van der Waals surface area contributed by atoms with Crippen molar-refractivity contribution in [2.75, 3.05) is 24.3 Å². The Hall–Kier alpha value is -3.47. The monoisotopic (exact) mass is 482 g/mol. The number of hydrogen-bond donors (Lipinski definition) is 2. The van der Waals surface area contributed by atoms with Gasteiger partial charge in [0.2, 0.25) is 5.95 Å². The average molecular weight is 483 g/mol. The van der Waals surface area contributed by atoms with Crippen LogP contribution in [0.2, 0.25) is 0 Å². The predicted octanol–water partition coefficient (Wildman–Crippen LogP) is 3.31. The molecule has 4 heterocycles. The molecule has 35 heavy (non-hydrogen) atoms. The lowest BCUT2D eigenvalue weighted by atomic mass is 9.92.